The molecule has 3 N–H and O–H groups in total. The van der Waals surface area contributed by atoms with Crippen LogP contribution in [-0.2, 0) is 0 Å². The number of aromatic hydroxyl groups is 2. The number of nitrogens with one attached hydrogen (secondary N) is 1. The molecular formula is C14H21NO2S. The van der Waals surface area contributed by atoms with Gasteiger partial charge in [0, 0.05) is 29.0 Å². The molecular weight excluding hydrogens is 246 g/mol. The van der Waals surface area contributed by atoms with Crippen LogP contribution in [0.25, 0.3) is 0 Å². The maximum Gasteiger partial charge on any atom is 0.124 e. The van der Waals surface area contributed by atoms with Gasteiger partial charge in [0.05, 0.1) is 0 Å². The molecule has 0 radical (unpaired) electrons. The van der Waals surface area contributed by atoms with Crippen LogP contribution in [0.15, 0.2) is 18.2 Å². The van der Waals surface area contributed by atoms with Crippen molar-refractivity contribution in [2.75, 3.05) is 6.26 Å². The van der Waals surface area contributed by atoms with Crippen molar-refractivity contribution in [1.29, 1.82) is 0 Å². The van der Waals surface area contributed by atoms with E-state index in [1.165, 1.54) is 25.3 Å². The maximum absolute atomic E-state index is 9.85. The van der Waals surface area contributed by atoms with E-state index in [4.69, 9.17) is 0 Å². The predicted molar refractivity (Wildman–Crippen MR) is 76.3 cm³/mol. The first-order valence-corrected chi connectivity index (χ1v) is 7.71. The van der Waals surface area contributed by atoms with E-state index in [1.807, 2.05) is 11.8 Å². The van der Waals surface area contributed by atoms with Gasteiger partial charge in [-0.1, -0.05) is 12.5 Å². The largest absolute Gasteiger partial charge is 0.508 e. The Labute approximate surface area is 113 Å². The van der Waals surface area contributed by atoms with Gasteiger partial charge in [-0.15, -0.1) is 0 Å². The average Bonchev–Trinajstić information content (AvgIpc) is 2.76. The van der Waals surface area contributed by atoms with Crippen LogP contribution in [0.2, 0.25) is 0 Å². The van der Waals surface area contributed by atoms with E-state index >= 15 is 0 Å². The molecule has 18 heavy (non-hydrogen) atoms. The highest BCUT2D eigenvalue weighted by Crippen LogP contribution is 2.32. The quantitative estimate of drug-likeness (QED) is 0.785. The van der Waals surface area contributed by atoms with Crippen molar-refractivity contribution in [2.45, 2.75) is 43.5 Å². The van der Waals surface area contributed by atoms with Crippen molar-refractivity contribution in [1.82, 2.24) is 5.32 Å². The minimum Gasteiger partial charge on any atom is -0.508 e. The Hall–Kier alpha value is -0.870. The Kier molecular flexibility index (Phi) is 4.40. The van der Waals surface area contributed by atoms with Crippen LogP contribution in [0.3, 0.4) is 0 Å². The lowest BCUT2D eigenvalue weighted by molar-refractivity contribution is 0.421. The summed E-state index contributed by atoms with van der Waals surface area (Å²) in [7, 11) is 0. The van der Waals surface area contributed by atoms with Crippen LogP contribution >= 0.6 is 11.8 Å². The fourth-order valence-corrected chi connectivity index (χ4v) is 3.65. The Morgan fingerprint density at radius 1 is 1.33 bits per heavy atom. The SMILES string of the molecule is CSC1CCCC1NC(C)c1ccc(O)cc1O. The van der Waals surface area contributed by atoms with E-state index in [2.05, 4.69) is 18.5 Å². The second kappa shape index (κ2) is 5.85. The second-order valence-corrected chi connectivity index (χ2v) is 6.02. The summed E-state index contributed by atoms with van der Waals surface area (Å²) in [5, 5.41) is 23.4. The summed E-state index contributed by atoms with van der Waals surface area (Å²) < 4.78 is 0. The summed E-state index contributed by atoms with van der Waals surface area (Å²) in [6, 6.07) is 5.42. The smallest absolute Gasteiger partial charge is 0.124 e. The van der Waals surface area contributed by atoms with Crippen LogP contribution in [0.4, 0.5) is 0 Å². The third-order valence-corrected chi connectivity index (χ3v) is 4.87. The van der Waals surface area contributed by atoms with Crippen LogP contribution in [-0.4, -0.2) is 27.8 Å². The number of hydrogen-bond acceptors (Lipinski definition) is 4. The molecule has 1 aliphatic rings. The van der Waals surface area contributed by atoms with E-state index in [0.717, 1.165) is 5.56 Å². The van der Waals surface area contributed by atoms with Gasteiger partial charge in [0.1, 0.15) is 11.5 Å². The van der Waals surface area contributed by atoms with Crippen LogP contribution in [0.1, 0.15) is 37.8 Å². The average molecular weight is 267 g/mol. The molecule has 1 aromatic carbocycles. The zero-order valence-corrected chi connectivity index (χ0v) is 11.7. The number of thioether (sulfide) groups is 1. The molecule has 0 heterocycles. The third-order valence-electron chi connectivity index (χ3n) is 3.70. The lowest BCUT2D eigenvalue weighted by atomic mass is 10.1. The number of hydrogen-bond donors (Lipinski definition) is 3. The van der Waals surface area contributed by atoms with Gasteiger partial charge < -0.3 is 15.5 Å². The summed E-state index contributed by atoms with van der Waals surface area (Å²) in [6.45, 7) is 2.06. The van der Waals surface area contributed by atoms with Crippen molar-refractivity contribution in [3.8, 4) is 11.5 Å². The van der Waals surface area contributed by atoms with Gasteiger partial charge in [-0.2, -0.15) is 11.8 Å². The van der Waals surface area contributed by atoms with Crippen LogP contribution in [0.5, 0.6) is 11.5 Å². The Morgan fingerprint density at radius 3 is 2.78 bits per heavy atom. The Bertz CT molecular complexity index is 411. The second-order valence-electron chi connectivity index (χ2n) is 4.94. The minimum absolute atomic E-state index is 0.100. The van der Waals surface area contributed by atoms with E-state index in [9.17, 15) is 10.2 Å². The van der Waals surface area contributed by atoms with Gasteiger partial charge in [-0.05, 0) is 32.1 Å². The van der Waals surface area contributed by atoms with Gasteiger partial charge in [0.2, 0.25) is 0 Å². The molecule has 1 fully saturated rings. The van der Waals surface area contributed by atoms with Gasteiger partial charge in [-0.25, -0.2) is 0 Å². The summed E-state index contributed by atoms with van der Waals surface area (Å²) in [6.07, 6.45) is 5.91. The van der Waals surface area contributed by atoms with Crippen LogP contribution in [0, 0.1) is 0 Å². The molecule has 3 unspecified atom stereocenters. The fourth-order valence-electron chi connectivity index (χ4n) is 2.71. The molecule has 0 amide bonds. The Balaban J connectivity index is 2.05. The molecule has 1 aliphatic carbocycles. The Morgan fingerprint density at radius 2 is 2.11 bits per heavy atom. The molecule has 0 aliphatic heterocycles. The molecule has 0 aromatic heterocycles. The summed E-state index contributed by atoms with van der Waals surface area (Å²) >= 11 is 1.92. The van der Waals surface area contributed by atoms with E-state index in [0.29, 0.717) is 11.3 Å². The predicted octanol–water partition coefficient (Wildman–Crippen LogP) is 3.03. The highest BCUT2D eigenvalue weighted by atomic mass is 32.2. The summed E-state index contributed by atoms with van der Waals surface area (Å²) in [5.74, 6) is 0.264. The lowest BCUT2D eigenvalue weighted by Crippen LogP contribution is -2.35. The number of rotatable bonds is 4. The summed E-state index contributed by atoms with van der Waals surface area (Å²) in [5.41, 5.74) is 0.847. The summed E-state index contributed by atoms with van der Waals surface area (Å²) in [4.78, 5) is 0. The molecule has 0 saturated heterocycles. The monoisotopic (exact) mass is 267 g/mol. The number of phenols is 2. The fraction of sp³-hybridized carbons (Fsp3) is 0.571. The highest BCUT2D eigenvalue weighted by Gasteiger charge is 2.28. The molecule has 0 spiro atoms. The van der Waals surface area contributed by atoms with Crippen molar-refractivity contribution < 1.29 is 10.2 Å². The first-order chi connectivity index (χ1) is 8.61. The lowest BCUT2D eigenvalue weighted by Gasteiger charge is -2.24. The molecule has 1 saturated carbocycles. The molecule has 3 nitrogen and oxygen atoms in total. The minimum atomic E-state index is 0.100. The van der Waals surface area contributed by atoms with Crippen molar-refractivity contribution in [3.05, 3.63) is 23.8 Å². The van der Waals surface area contributed by atoms with Gasteiger partial charge in [0.25, 0.3) is 0 Å². The normalized spacial score (nSPS) is 25.2. The van der Waals surface area contributed by atoms with Gasteiger partial charge in [-0.3, -0.25) is 0 Å². The molecule has 0 bridgehead atoms. The molecule has 4 heteroatoms. The zero-order chi connectivity index (χ0) is 13.1. The topological polar surface area (TPSA) is 52.5 Å². The van der Waals surface area contributed by atoms with Crippen molar-refractivity contribution >= 4 is 11.8 Å². The van der Waals surface area contributed by atoms with E-state index in [1.54, 1.807) is 12.1 Å². The van der Waals surface area contributed by atoms with Gasteiger partial charge in [0.15, 0.2) is 0 Å². The molecule has 2 rings (SSSR count). The molecule has 100 valence electrons. The van der Waals surface area contributed by atoms with Gasteiger partial charge >= 0.3 is 0 Å². The maximum atomic E-state index is 9.85. The zero-order valence-electron chi connectivity index (χ0n) is 10.9. The van der Waals surface area contributed by atoms with Crippen LogP contribution < -0.4 is 5.32 Å². The molecule has 3 atom stereocenters. The molecule has 1 aromatic rings. The number of benzene rings is 1. The van der Waals surface area contributed by atoms with E-state index < -0.39 is 0 Å². The first-order valence-electron chi connectivity index (χ1n) is 6.42. The third kappa shape index (κ3) is 2.93. The van der Waals surface area contributed by atoms with Crippen molar-refractivity contribution in [3.63, 3.8) is 0 Å². The van der Waals surface area contributed by atoms with E-state index in [-0.39, 0.29) is 17.5 Å². The highest BCUT2D eigenvalue weighted by molar-refractivity contribution is 7.99. The van der Waals surface area contributed by atoms with Crippen molar-refractivity contribution in [2.24, 2.45) is 0 Å². The first kappa shape index (κ1) is 13.6. The standard InChI is InChI=1S/C14H21NO2S/c1-9(11-7-6-10(16)8-13(11)17)15-12-4-3-5-14(12)18-2/h6-9,12,14-17H,3-5H2,1-2H3. The number of phenolic OH excluding ortho intramolecular Hbond substituents is 2.